The Morgan fingerprint density at radius 2 is 2.00 bits per heavy atom. The van der Waals surface area contributed by atoms with Crippen molar-refractivity contribution < 1.29 is 29.0 Å². The molecule has 0 amide bonds. The topological polar surface area (TPSA) is 89.9 Å². The summed E-state index contributed by atoms with van der Waals surface area (Å²) < 4.78 is 11.0. The normalized spacial score (nSPS) is 34.2. The highest BCUT2D eigenvalue weighted by molar-refractivity contribution is 6.09. The van der Waals surface area contributed by atoms with Crippen molar-refractivity contribution >= 4 is 17.7 Å². The van der Waals surface area contributed by atoms with Crippen molar-refractivity contribution in [2.24, 2.45) is 11.8 Å². The zero-order valence-corrected chi connectivity index (χ0v) is 15.2. The molecule has 6 heteroatoms. The van der Waals surface area contributed by atoms with Crippen LogP contribution in [0.4, 0.5) is 0 Å². The largest absolute Gasteiger partial charge is 0.457 e. The van der Waals surface area contributed by atoms with Gasteiger partial charge in [0.15, 0.2) is 11.9 Å². The van der Waals surface area contributed by atoms with Crippen LogP contribution in [0.15, 0.2) is 46.6 Å². The van der Waals surface area contributed by atoms with E-state index in [9.17, 15) is 19.5 Å². The van der Waals surface area contributed by atoms with Crippen LogP contribution in [-0.2, 0) is 23.9 Å². The molecule has 2 aliphatic carbocycles. The van der Waals surface area contributed by atoms with Crippen LogP contribution in [0.2, 0.25) is 0 Å². The highest BCUT2D eigenvalue weighted by Crippen LogP contribution is 2.48. The van der Waals surface area contributed by atoms with Gasteiger partial charge in [0.2, 0.25) is 0 Å². The summed E-state index contributed by atoms with van der Waals surface area (Å²) in [6.45, 7) is 10.5. The van der Waals surface area contributed by atoms with Crippen molar-refractivity contribution in [3.05, 3.63) is 46.6 Å². The van der Waals surface area contributed by atoms with Gasteiger partial charge in [-0.05, 0) is 39.3 Å². The lowest BCUT2D eigenvalue weighted by atomic mass is 9.82. The summed E-state index contributed by atoms with van der Waals surface area (Å²) >= 11 is 0. The van der Waals surface area contributed by atoms with Gasteiger partial charge in [-0.2, -0.15) is 0 Å². The molecule has 0 aromatic rings. The van der Waals surface area contributed by atoms with Crippen molar-refractivity contribution in [3.8, 4) is 0 Å². The number of carbonyl (C=O) groups is 3. The van der Waals surface area contributed by atoms with Gasteiger partial charge in [0, 0.05) is 22.6 Å². The molecule has 1 N–H and O–H groups in total. The van der Waals surface area contributed by atoms with Crippen LogP contribution in [-0.4, -0.2) is 41.1 Å². The molecule has 1 fully saturated rings. The van der Waals surface area contributed by atoms with E-state index >= 15 is 0 Å². The molecule has 3 rings (SSSR count). The number of hydrogen-bond donors (Lipinski definition) is 1. The van der Waals surface area contributed by atoms with Crippen molar-refractivity contribution in [1.29, 1.82) is 0 Å². The zero-order valence-electron chi connectivity index (χ0n) is 15.2. The van der Waals surface area contributed by atoms with Crippen LogP contribution >= 0.6 is 0 Å². The summed E-state index contributed by atoms with van der Waals surface area (Å²) in [5.74, 6) is -2.61. The Hall–Kier alpha value is -2.47. The molecule has 0 spiro atoms. The number of ketones is 1. The van der Waals surface area contributed by atoms with Gasteiger partial charge in [0.25, 0.3) is 0 Å². The first-order valence-electron chi connectivity index (χ1n) is 8.54. The second kappa shape index (κ2) is 6.36. The van der Waals surface area contributed by atoms with Crippen molar-refractivity contribution in [3.63, 3.8) is 0 Å². The predicted octanol–water partition coefficient (Wildman–Crippen LogP) is 1.80. The predicted molar refractivity (Wildman–Crippen MR) is 92.8 cm³/mol. The number of hydrogen-bond acceptors (Lipinski definition) is 6. The molecule has 0 aromatic carbocycles. The van der Waals surface area contributed by atoms with Crippen molar-refractivity contribution in [2.75, 3.05) is 0 Å². The van der Waals surface area contributed by atoms with E-state index in [-0.39, 0.29) is 11.4 Å². The van der Waals surface area contributed by atoms with E-state index in [0.717, 1.165) is 5.57 Å². The van der Waals surface area contributed by atoms with Crippen molar-refractivity contribution in [2.45, 2.75) is 46.0 Å². The van der Waals surface area contributed by atoms with Gasteiger partial charge in [-0.15, -0.1) is 0 Å². The standard InChI is InChI=1S/C20H22O6/c1-6-8(2)19(23)25-17-10(4)14-12(21)7-9(3)13(14)18-15(16(17)22)11(5)20(24)26-18/h6-7,13,15-18,22H,5H2,1-4H3/b8-6-/t13-,15+,16+,17+,18+/m0/s1. The van der Waals surface area contributed by atoms with Crippen LogP contribution in [0.25, 0.3) is 0 Å². The van der Waals surface area contributed by atoms with Crippen LogP contribution in [0.1, 0.15) is 27.7 Å². The number of esters is 2. The third-order valence-electron chi connectivity index (χ3n) is 5.53. The molecular weight excluding hydrogens is 336 g/mol. The number of ether oxygens (including phenoxy) is 2. The minimum absolute atomic E-state index is 0.132. The van der Waals surface area contributed by atoms with Gasteiger partial charge >= 0.3 is 11.9 Å². The van der Waals surface area contributed by atoms with Gasteiger partial charge in [-0.1, -0.05) is 18.2 Å². The second-order valence-electron chi connectivity index (χ2n) is 7.04. The minimum atomic E-state index is -1.23. The molecule has 3 aliphatic rings. The first kappa shape index (κ1) is 18.3. The summed E-state index contributed by atoms with van der Waals surface area (Å²) in [5, 5.41) is 11.0. The maximum absolute atomic E-state index is 12.5. The van der Waals surface area contributed by atoms with Crippen LogP contribution in [0, 0.1) is 11.8 Å². The number of carbonyl (C=O) groups excluding carboxylic acids is 3. The molecule has 138 valence electrons. The van der Waals surface area contributed by atoms with Crippen LogP contribution < -0.4 is 0 Å². The maximum atomic E-state index is 12.5. The molecular formula is C20H22O6. The smallest absolute Gasteiger partial charge is 0.334 e. The number of fused-ring (bicyclic) bond motifs is 3. The summed E-state index contributed by atoms with van der Waals surface area (Å²) in [7, 11) is 0. The number of rotatable bonds is 2. The monoisotopic (exact) mass is 358 g/mol. The number of aliphatic hydroxyl groups excluding tert-OH is 1. The fourth-order valence-corrected chi connectivity index (χ4v) is 3.98. The Morgan fingerprint density at radius 1 is 1.35 bits per heavy atom. The SMILES string of the molecule is C=C1C(=O)O[C@@H]2[C@H]3C(C)=CC(=O)C3=C(C)[C@@H](OC(=O)/C(C)=C\C)[C@H](O)[C@@H]12. The third kappa shape index (κ3) is 2.56. The fourth-order valence-electron chi connectivity index (χ4n) is 3.98. The van der Waals surface area contributed by atoms with E-state index in [1.54, 1.807) is 33.8 Å². The van der Waals surface area contributed by atoms with Crippen molar-refractivity contribution in [1.82, 2.24) is 0 Å². The van der Waals surface area contributed by atoms with Gasteiger partial charge < -0.3 is 14.6 Å². The summed E-state index contributed by atoms with van der Waals surface area (Å²) in [6, 6.07) is 0. The Kier molecular flexibility index (Phi) is 4.48. The molecule has 0 radical (unpaired) electrons. The van der Waals surface area contributed by atoms with E-state index in [1.807, 2.05) is 0 Å². The molecule has 1 aliphatic heterocycles. The summed E-state index contributed by atoms with van der Waals surface area (Å²) in [6.07, 6.45) is 0.0888. The molecule has 0 saturated carbocycles. The van der Waals surface area contributed by atoms with Crippen LogP contribution in [0.3, 0.4) is 0 Å². The Morgan fingerprint density at radius 3 is 2.62 bits per heavy atom. The molecule has 1 saturated heterocycles. The molecule has 1 heterocycles. The molecule has 5 atom stereocenters. The van der Waals surface area contributed by atoms with E-state index in [4.69, 9.17) is 9.47 Å². The third-order valence-corrected chi connectivity index (χ3v) is 5.53. The zero-order chi connectivity index (χ0) is 19.3. The highest BCUT2D eigenvalue weighted by Gasteiger charge is 2.55. The maximum Gasteiger partial charge on any atom is 0.334 e. The lowest BCUT2D eigenvalue weighted by molar-refractivity contribution is -0.150. The molecule has 0 bridgehead atoms. The molecule has 6 nitrogen and oxygen atoms in total. The van der Waals surface area contributed by atoms with E-state index < -0.39 is 42.1 Å². The Bertz CT molecular complexity index is 812. The average molecular weight is 358 g/mol. The van der Waals surface area contributed by atoms with E-state index in [1.165, 1.54) is 6.08 Å². The fraction of sp³-hybridized carbons (Fsp3) is 0.450. The van der Waals surface area contributed by atoms with E-state index in [0.29, 0.717) is 16.7 Å². The first-order chi connectivity index (χ1) is 12.2. The van der Waals surface area contributed by atoms with Gasteiger partial charge in [-0.25, -0.2) is 9.59 Å². The second-order valence-corrected chi connectivity index (χ2v) is 7.04. The Labute approximate surface area is 151 Å². The van der Waals surface area contributed by atoms with Crippen LogP contribution in [0.5, 0.6) is 0 Å². The Balaban J connectivity index is 2.12. The number of aliphatic hydroxyl groups is 1. The lowest BCUT2D eigenvalue weighted by Gasteiger charge is -2.28. The molecule has 0 aromatic heterocycles. The van der Waals surface area contributed by atoms with E-state index in [2.05, 4.69) is 6.58 Å². The molecule has 26 heavy (non-hydrogen) atoms. The summed E-state index contributed by atoms with van der Waals surface area (Å²) in [4.78, 5) is 36.9. The lowest BCUT2D eigenvalue weighted by Crippen LogP contribution is -2.41. The quantitative estimate of drug-likeness (QED) is 0.598. The average Bonchev–Trinajstić information content (AvgIpc) is 3.02. The first-order valence-corrected chi connectivity index (χ1v) is 8.54. The molecule has 0 unspecified atom stereocenters. The van der Waals surface area contributed by atoms with Gasteiger partial charge in [0.1, 0.15) is 12.2 Å². The number of allylic oxidation sites excluding steroid dienone is 2. The minimum Gasteiger partial charge on any atom is -0.457 e. The van der Waals surface area contributed by atoms with Gasteiger partial charge in [-0.3, -0.25) is 4.79 Å². The highest BCUT2D eigenvalue weighted by atomic mass is 16.6. The van der Waals surface area contributed by atoms with Gasteiger partial charge in [0.05, 0.1) is 5.92 Å². The summed E-state index contributed by atoms with van der Waals surface area (Å²) in [5.41, 5.74) is 2.18.